The number of benzene rings is 1. The second-order valence-corrected chi connectivity index (χ2v) is 4.69. The molecule has 0 bridgehead atoms. The van der Waals surface area contributed by atoms with Crippen molar-refractivity contribution in [2.75, 3.05) is 19.0 Å². The lowest BCUT2D eigenvalue weighted by Gasteiger charge is -2.08. The summed E-state index contributed by atoms with van der Waals surface area (Å²) in [6.45, 7) is 2.79. The number of rotatable bonds is 6. The SMILES string of the molecule is COc1cccc(NC(=O)CNCc2ccc(C)nc2)c1. The second kappa shape index (κ2) is 7.40. The van der Waals surface area contributed by atoms with Crippen molar-refractivity contribution < 1.29 is 9.53 Å². The summed E-state index contributed by atoms with van der Waals surface area (Å²) in [4.78, 5) is 16.0. The maximum atomic E-state index is 11.8. The molecule has 1 amide bonds. The van der Waals surface area contributed by atoms with E-state index in [1.807, 2.05) is 43.5 Å². The number of anilines is 1. The number of aryl methyl sites for hydroxylation is 1. The van der Waals surface area contributed by atoms with Crippen LogP contribution in [0.25, 0.3) is 0 Å². The maximum absolute atomic E-state index is 11.8. The van der Waals surface area contributed by atoms with Gasteiger partial charge in [0.2, 0.25) is 5.91 Å². The number of amides is 1. The summed E-state index contributed by atoms with van der Waals surface area (Å²) in [6.07, 6.45) is 1.81. The van der Waals surface area contributed by atoms with E-state index >= 15 is 0 Å². The zero-order valence-electron chi connectivity index (χ0n) is 12.2. The van der Waals surface area contributed by atoms with Crippen LogP contribution in [0.3, 0.4) is 0 Å². The van der Waals surface area contributed by atoms with Crippen LogP contribution in [0.4, 0.5) is 5.69 Å². The number of carbonyl (C=O) groups excluding carboxylic acids is 1. The quantitative estimate of drug-likeness (QED) is 0.853. The van der Waals surface area contributed by atoms with Gasteiger partial charge in [-0.3, -0.25) is 9.78 Å². The molecule has 1 aromatic heterocycles. The Morgan fingerprint density at radius 3 is 2.86 bits per heavy atom. The standard InChI is InChI=1S/C16H19N3O2/c1-12-6-7-13(10-18-12)9-17-11-16(20)19-14-4-3-5-15(8-14)21-2/h3-8,10,17H,9,11H2,1-2H3,(H,19,20). The molecule has 0 fully saturated rings. The van der Waals surface area contributed by atoms with Crippen LogP contribution < -0.4 is 15.4 Å². The van der Waals surface area contributed by atoms with Gasteiger partial charge in [-0.1, -0.05) is 12.1 Å². The Morgan fingerprint density at radius 2 is 2.14 bits per heavy atom. The fraction of sp³-hybridized carbons (Fsp3) is 0.250. The van der Waals surface area contributed by atoms with Crippen molar-refractivity contribution in [1.82, 2.24) is 10.3 Å². The molecule has 0 aliphatic heterocycles. The van der Waals surface area contributed by atoms with E-state index in [2.05, 4.69) is 15.6 Å². The first-order chi connectivity index (χ1) is 10.2. The van der Waals surface area contributed by atoms with Gasteiger partial charge in [-0.25, -0.2) is 0 Å². The first kappa shape index (κ1) is 15.0. The zero-order chi connectivity index (χ0) is 15.1. The number of hydrogen-bond acceptors (Lipinski definition) is 4. The number of pyridine rings is 1. The lowest BCUT2D eigenvalue weighted by molar-refractivity contribution is -0.115. The fourth-order valence-electron chi connectivity index (χ4n) is 1.83. The number of methoxy groups -OCH3 is 1. The predicted molar refractivity (Wildman–Crippen MR) is 82.3 cm³/mol. The molecule has 0 saturated heterocycles. The van der Waals surface area contributed by atoms with Crippen LogP contribution in [0.15, 0.2) is 42.6 Å². The molecule has 0 aliphatic carbocycles. The van der Waals surface area contributed by atoms with Crippen LogP contribution in [0.1, 0.15) is 11.3 Å². The van der Waals surface area contributed by atoms with E-state index < -0.39 is 0 Å². The van der Waals surface area contributed by atoms with Gasteiger partial charge in [-0.05, 0) is 30.7 Å². The molecule has 0 unspecified atom stereocenters. The van der Waals surface area contributed by atoms with E-state index in [1.54, 1.807) is 13.2 Å². The fourth-order valence-corrected chi connectivity index (χ4v) is 1.83. The van der Waals surface area contributed by atoms with E-state index in [4.69, 9.17) is 4.74 Å². The van der Waals surface area contributed by atoms with Crippen molar-refractivity contribution >= 4 is 11.6 Å². The molecule has 110 valence electrons. The lowest BCUT2D eigenvalue weighted by atomic mass is 10.2. The summed E-state index contributed by atoms with van der Waals surface area (Å²) in [5.41, 5.74) is 2.75. The smallest absolute Gasteiger partial charge is 0.238 e. The van der Waals surface area contributed by atoms with E-state index in [0.717, 1.165) is 16.9 Å². The van der Waals surface area contributed by atoms with E-state index in [1.165, 1.54) is 0 Å². The summed E-state index contributed by atoms with van der Waals surface area (Å²) < 4.78 is 5.11. The molecule has 0 atom stereocenters. The average molecular weight is 285 g/mol. The Labute approximate surface area is 124 Å². The Bertz CT molecular complexity index is 597. The highest BCUT2D eigenvalue weighted by Gasteiger charge is 2.03. The molecule has 2 N–H and O–H groups in total. The number of nitrogens with one attached hydrogen (secondary N) is 2. The van der Waals surface area contributed by atoms with Gasteiger partial charge < -0.3 is 15.4 Å². The Morgan fingerprint density at radius 1 is 1.29 bits per heavy atom. The van der Waals surface area contributed by atoms with Gasteiger partial charge >= 0.3 is 0 Å². The van der Waals surface area contributed by atoms with E-state index in [-0.39, 0.29) is 12.5 Å². The van der Waals surface area contributed by atoms with Crippen molar-refractivity contribution in [3.8, 4) is 5.75 Å². The summed E-state index contributed by atoms with van der Waals surface area (Å²) in [6, 6.07) is 11.2. The first-order valence-corrected chi connectivity index (χ1v) is 6.73. The molecule has 5 heteroatoms. The summed E-state index contributed by atoms with van der Waals surface area (Å²) in [7, 11) is 1.60. The van der Waals surface area contributed by atoms with Gasteiger partial charge in [0.25, 0.3) is 0 Å². The highest BCUT2D eigenvalue weighted by atomic mass is 16.5. The van der Waals surface area contributed by atoms with Crippen molar-refractivity contribution in [3.63, 3.8) is 0 Å². The van der Waals surface area contributed by atoms with Crippen LogP contribution >= 0.6 is 0 Å². The number of aromatic nitrogens is 1. The van der Waals surface area contributed by atoms with E-state index in [0.29, 0.717) is 12.3 Å². The normalized spacial score (nSPS) is 10.2. The molecular formula is C16H19N3O2. The van der Waals surface area contributed by atoms with Gasteiger partial charge in [0.15, 0.2) is 0 Å². The highest BCUT2D eigenvalue weighted by molar-refractivity contribution is 5.92. The molecule has 2 aromatic rings. The van der Waals surface area contributed by atoms with E-state index in [9.17, 15) is 4.79 Å². The predicted octanol–water partition coefficient (Wildman–Crippen LogP) is 2.13. The van der Waals surface area contributed by atoms with Crippen LogP contribution in [-0.2, 0) is 11.3 Å². The number of carbonyl (C=O) groups is 1. The third-order valence-electron chi connectivity index (χ3n) is 2.94. The summed E-state index contributed by atoms with van der Waals surface area (Å²) in [5.74, 6) is 0.620. The van der Waals surface area contributed by atoms with Gasteiger partial charge in [0.05, 0.1) is 13.7 Å². The number of nitrogens with zero attached hydrogens (tertiary/aromatic N) is 1. The third kappa shape index (κ3) is 4.89. The molecule has 0 spiro atoms. The molecule has 1 aromatic carbocycles. The zero-order valence-corrected chi connectivity index (χ0v) is 12.2. The summed E-state index contributed by atoms with van der Waals surface area (Å²) in [5, 5.41) is 5.90. The molecule has 5 nitrogen and oxygen atoms in total. The second-order valence-electron chi connectivity index (χ2n) is 4.69. The van der Waals surface area contributed by atoms with Crippen LogP contribution in [0.5, 0.6) is 5.75 Å². The van der Waals surface area contributed by atoms with Gasteiger partial charge in [-0.15, -0.1) is 0 Å². The Hall–Kier alpha value is -2.40. The third-order valence-corrected chi connectivity index (χ3v) is 2.94. The van der Waals surface area contributed by atoms with Crippen LogP contribution in [0, 0.1) is 6.92 Å². The molecule has 1 heterocycles. The van der Waals surface area contributed by atoms with Crippen LogP contribution in [-0.4, -0.2) is 24.5 Å². The van der Waals surface area contributed by atoms with Gasteiger partial charge in [0, 0.05) is 30.2 Å². The molecule has 0 radical (unpaired) electrons. The van der Waals surface area contributed by atoms with Crippen molar-refractivity contribution in [2.45, 2.75) is 13.5 Å². The van der Waals surface area contributed by atoms with Crippen molar-refractivity contribution in [1.29, 1.82) is 0 Å². The number of hydrogen-bond donors (Lipinski definition) is 2. The minimum absolute atomic E-state index is 0.0941. The molecule has 0 saturated carbocycles. The Kier molecular flexibility index (Phi) is 5.29. The molecular weight excluding hydrogens is 266 g/mol. The highest BCUT2D eigenvalue weighted by Crippen LogP contribution is 2.16. The first-order valence-electron chi connectivity index (χ1n) is 6.73. The van der Waals surface area contributed by atoms with Crippen LogP contribution in [0.2, 0.25) is 0 Å². The maximum Gasteiger partial charge on any atom is 0.238 e. The lowest BCUT2D eigenvalue weighted by Crippen LogP contribution is -2.27. The molecule has 0 aliphatic rings. The monoisotopic (exact) mass is 285 g/mol. The molecule has 2 rings (SSSR count). The van der Waals surface area contributed by atoms with Gasteiger partial charge in [-0.2, -0.15) is 0 Å². The largest absolute Gasteiger partial charge is 0.497 e. The minimum atomic E-state index is -0.0941. The average Bonchev–Trinajstić information content (AvgIpc) is 2.49. The van der Waals surface area contributed by atoms with Crippen molar-refractivity contribution in [3.05, 3.63) is 53.9 Å². The van der Waals surface area contributed by atoms with Gasteiger partial charge in [0.1, 0.15) is 5.75 Å². The van der Waals surface area contributed by atoms with Crippen molar-refractivity contribution in [2.24, 2.45) is 0 Å². The summed E-state index contributed by atoms with van der Waals surface area (Å²) >= 11 is 0. The minimum Gasteiger partial charge on any atom is -0.497 e. The molecule has 21 heavy (non-hydrogen) atoms. The number of ether oxygens (including phenoxy) is 1. The Balaban J connectivity index is 1.78. The topological polar surface area (TPSA) is 63.2 Å².